The zero-order valence-corrected chi connectivity index (χ0v) is 15.2. The molecule has 1 aliphatic rings. The highest BCUT2D eigenvalue weighted by atomic mass is 35.5. The van der Waals surface area contributed by atoms with Gasteiger partial charge in [-0.15, -0.1) is 0 Å². The maximum Gasteiger partial charge on any atom is 0.338 e. The Bertz CT molecular complexity index is 874. The molecule has 1 aliphatic heterocycles. The summed E-state index contributed by atoms with van der Waals surface area (Å²) in [5, 5.41) is 3.26. The number of hydrogen-bond donors (Lipinski definition) is 1. The number of benzene rings is 2. The van der Waals surface area contributed by atoms with Crippen LogP contribution in [-0.2, 0) is 14.3 Å². The third-order valence-electron chi connectivity index (χ3n) is 3.92. The number of halogens is 1. The van der Waals surface area contributed by atoms with Crippen LogP contribution in [0.4, 0.5) is 5.69 Å². The van der Waals surface area contributed by atoms with Gasteiger partial charge in [0, 0.05) is 16.3 Å². The second-order valence-corrected chi connectivity index (χ2v) is 6.48. The fourth-order valence-corrected chi connectivity index (χ4v) is 2.62. The number of rotatable bonds is 4. The first kappa shape index (κ1) is 18.0. The highest BCUT2D eigenvalue weighted by molar-refractivity contribution is 6.30. The van der Waals surface area contributed by atoms with Crippen molar-refractivity contribution in [3.63, 3.8) is 0 Å². The number of carbonyl (C=O) groups is 2. The maximum absolute atomic E-state index is 12.3. The molecule has 0 saturated heterocycles. The van der Waals surface area contributed by atoms with Gasteiger partial charge in [-0.2, -0.15) is 0 Å². The first-order chi connectivity index (χ1) is 12.4. The zero-order valence-electron chi connectivity index (χ0n) is 14.4. The molecule has 3 rings (SSSR count). The van der Waals surface area contributed by atoms with Crippen molar-refractivity contribution in [3.05, 3.63) is 64.2 Å². The van der Waals surface area contributed by atoms with Crippen LogP contribution in [0, 0.1) is 6.92 Å². The van der Waals surface area contributed by atoms with E-state index in [-0.39, 0.29) is 6.61 Å². The molecule has 2 aromatic carbocycles. The number of ether oxygens (including phenoxy) is 2. The second-order valence-electron chi connectivity index (χ2n) is 6.04. The van der Waals surface area contributed by atoms with Crippen molar-refractivity contribution in [1.29, 1.82) is 0 Å². The third kappa shape index (κ3) is 4.24. The van der Waals surface area contributed by atoms with Crippen LogP contribution in [-0.4, -0.2) is 24.6 Å². The van der Waals surface area contributed by atoms with Crippen molar-refractivity contribution in [1.82, 2.24) is 0 Å². The monoisotopic (exact) mass is 371 g/mol. The molecular formula is C20H18ClNO4. The van der Waals surface area contributed by atoms with Crippen molar-refractivity contribution in [3.8, 4) is 5.75 Å². The Balaban J connectivity index is 1.63. The fourth-order valence-electron chi connectivity index (χ4n) is 2.44. The SMILES string of the molecule is Cc1ccc(NC(=O)[C@@H](C)OC(=O)C2=Cc3cc(Cl)ccc3OC2)cc1. The number of esters is 1. The van der Waals surface area contributed by atoms with Crippen molar-refractivity contribution < 1.29 is 19.1 Å². The minimum Gasteiger partial charge on any atom is -0.488 e. The molecule has 0 aromatic heterocycles. The average Bonchev–Trinajstić information content (AvgIpc) is 2.62. The lowest BCUT2D eigenvalue weighted by Gasteiger charge is -2.19. The van der Waals surface area contributed by atoms with Gasteiger partial charge in [-0.05, 0) is 50.3 Å². The molecule has 5 nitrogen and oxygen atoms in total. The normalized spacial score (nSPS) is 13.7. The van der Waals surface area contributed by atoms with E-state index in [0.29, 0.717) is 27.6 Å². The van der Waals surface area contributed by atoms with Gasteiger partial charge in [-0.25, -0.2) is 4.79 Å². The molecule has 1 amide bonds. The van der Waals surface area contributed by atoms with E-state index in [1.807, 2.05) is 19.1 Å². The average molecular weight is 372 g/mol. The second kappa shape index (κ2) is 7.62. The molecule has 0 spiro atoms. The highest BCUT2D eigenvalue weighted by Crippen LogP contribution is 2.29. The van der Waals surface area contributed by atoms with Crippen LogP contribution in [0.2, 0.25) is 5.02 Å². The van der Waals surface area contributed by atoms with Gasteiger partial charge in [0.1, 0.15) is 12.4 Å². The molecule has 1 heterocycles. The lowest BCUT2D eigenvalue weighted by Crippen LogP contribution is -2.31. The summed E-state index contributed by atoms with van der Waals surface area (Å²) in [5.74, 6) is -0.346. The van der Waals surface area contributed by atoms with Gasteiger partial charge in [0.2, 0.25) is 0 Å². The van der Waals surface area contributed by atoms with Gasteiger partial charge < -0.3 is 14.8 Å². The summed E-state index contributed by atoms with van der Waals surface area (Å²) in [6.45, 7) is 3.57. The van der Waals surface area contributed by atoms with Gasteiger partial charge in [0.05, 0.1) is 5.57 Å². The Morgan fingerprint density at radius 1 is 1.19 bits per heavy atom. The number of amides is 1. The molecule has 0 saturated carbocycles. The Labute approximate surface area is 156 Å². The molecule has 6 heteroatoms. The molecule has 0 radical (unpaired) electrons. The van der Waals surface area contributed by atoms with Gasteiger partial charge in [-0.1, -0.05) is 29.3 Å². The Morgan fingerprint density at radius 2 is 1.92 bits per heavy atom. The summed E-state index contributed by atoms with van der Waals surface area (Å²) in [4.78, 5) is 24.5. The van der Waals surface area contributed by atoms with Crippen molar-refractivity contribution >= 4 is 35.2 Å². The minimum absolute atomic E-state index is 0.0831. The third-order valence-corrected chi connectivity index (χ3v) is 4.15. The largest absolute Gasteiger partial charge is 0.488 e. The van der Waals surface area contributed by atoms with Crippen LogP contribution < -0.4 is 10.1 Å². The lowest BCUT2D eigenvalue weighted by molar-refractivity contribution is -0.149. The summed E-state index contributed by atoms with van der Waals surface area (Å²) < 4.78 is 10.8. The van der Waals surface area contributed by atoms with E-state index >= 15 is 0 Å². The molecule has 0 bridgehead atoms. The highest BCUT2D eigenvalue weighted by Gasteiger charge is 2.23. The van der Waals surface area contributed by atoms with E-state index in [4.69, 9.17) is 21.1 Å². The van der Waals surface area contributed by atoms with Gasteiger partial charge in [0.25, 0.3) is 5.91 Å². The molecular weight excluding hydrogens is 354 g/mol. The summed E-state index contributed by atoms with van der Waals surface area (Å²) in [6, 6.07) is 12.5. The Morgan fingerprint density at radius 3 is 2.65 bits per heavy atom. The van der Waals surface area contributed by atoms with E-state index in [0.717, 1.165) is 5.56 Å². The molecule has 134 valence electrons. The van der Waals surface area contributed by atoms with Crippen molar-refractivity contribution in [2.45, 2.75) is 20.0 Å². The summed E-state index contributed by atoms with van der Waals surface area (Å²) in [7, 11) is 0. The van der Waals surface area contributed by atoms with Crippen LogP contribution in [0.1, 0.15) is 18.1 Å². The first-order valence-corrected chi connectivity index (χ1v) is 8.51. The predicted molar refractivity (Wildman–Crippen MR) is 100 cm³/mol. The summed E-state index contributed by atoms with van der Waals surface area (Å²) in [6.07, 6.45) is 0.725. The van der Waals surface area contributed by atoms with E-state index in [1.165, 1.54) is 6.92 Å². The number of fused-ring (bicyclic) bond motifs is 1. The van der Waals surface area contributed by atoms with Crippen LogP contribution in [0.15, 0.2) is 48.0 Å². The van der Waals surface area contributed by atoms with E-state index in [2.05, 4.69) is 5.32 Å². The molecule has 0 unspecified atom stereocenters. The number of carbonyl (C=O) groups excluding carboxylic acids is 2. The smallest absolute Gasteiger partial charge is 0.338 e. The van der Waals surface area contributed by atoms with Gasteiger partial charge in [0.15, 0.2) is 6.10 Å². The summed E-state index contributed by atoms with van der Waals surface area (Å²) >= 11 is 5.96. The van der Waals surface area contributed by atoms with Crippen molar-refractivity contribution in [2.75, 3.05) is 11.9 Å². The lowest BCUT2D eigenvalue weighted by atomic mass is 10.1. The minimum atomic E-state index is -0.939. The van der Waals surface area contributed by atoms with Gasteiger partial charge in [-0.3, -0.25) is 4.79 Å². The summed E-state index contributed by atoms with van der Waals surface area (Å²) in [5.41, 5.74) is 2.77. The fraction of sp³-hybridized carbons (Fsp3) is 0.200. The molecule has 26 heavy (non-hydrogen) atoms. The van der Waals surface area contributed by atoms with Crippen LogP contribution in [0.25, 0.3) is 6.08 Å². The number of nitrogens with one attached hydrogen (secondary N) is 1. The number of hydrogen-bond acceptors (Lipinski definition) is 4. The van der Waals surface area contributed by atoms with E-state index in [9.17, 15) is 9.59 Å². The molecule has 0 aliphatic carbocycles. The standard InChI is InChI=1S/C20H18ClNO4/c1-12-3-6-17(7-4-12)22-19(23)13(2)26-20(24)15-9-14-10-16(21)5-8-18(14)25-11-15/h3-10,13H,11H2,1-2H3,(H,22,23)/t13-/m1/s1. The quantitative estimate of drug-likeness (QED) is 0.825. The Hall–Kier alpha value is -2.79. The number of aryl methyl sites for hydroxylation is 1. The predicted octanol–water partition coefficient (Wildman–Crippen LogP) is 3.99. The van der Waals surface area contributed by atoms with Crippen LogP contribution in [0.3, 0.4) is 0 Å². The zero-order chi connectivity index (χ0) is 18.7. The first-order valence-electron chi connectivity index (χ1n) is 8.14. The van der Waals surface area contributed by atoms with Crippen LogP contribution in [0.5, 0.6) is 5.75 Å². The van der Waals surface area contributed by atoms with Gasteiger partial charge >= 0.3 is 5.97 Å². The molecule has 2 aromatic rings. The van der Waals surface area contributed by atoms with E-state index in [1.54, 1.807) is 36.4 Å². The maximum atomic E-state index is 12.3. The number of anilines is 1. The van der Waals surface area contributed by atoms with E-state index < -0.39 is 18.0 Å². The Kier molecular flexibility index (Phi) is 5.28. The molecule has 1 atom stereocenters. The van der Waals surface area contributed by atoms with Crippen LogP contribution >= 0.6 is 11.6 Å². The molecule has 0 fully saturated rings. The van der Waals surface area contributed by atoms with Crippen molar-refractivity contribution in [2.24, 2.45) is 0 Å². The molecule has 1 N–H and O–H groups in total. The topological polar surface area (TPSA) is 64.6 Å².